The number of carbonyl (C=O) groups is 8. The summed E-state index contributed by atoms with van der Waals surface area (Å²) >= 11 is 0. The SMILES string of the molecule is C.C1=CCC=C1.C=Cc1ccc(CC)cc1.C=Cc1ccc(CC)cc1.C=Cc1ccc(CC)cc1.Cc1ccc(N2C(=O)C3C4C=CC(C4)C3C2=O)cc1N1C(=O)C2C3C=CC(C3)C2C1=O.Cc1ccc(N2C(=O)C=CC2=O)cc1N1C(=O)C=CC1=O. The van der Waals surface area contributed by atoms with E-state index >= 15 is 0 Å². The maximum Gasteiger partial charge on any atom is 0.258 e. The van der Waals surface area contributed by atoms with E-state index in [-0.39, 0.29) is 78.4 Å². The fourth-order valence-electron chi connectivity index (χ4n) is 12.6. The van der Waals surface area contributed by atoms with Crippen molar-refractivity contribution in [3.63, 3.8) is 0 Å². The molecule has 4 aliphatic heterocycles. The molecule has 4 fully saturated rings. The average Bonchev–Trinajstić information content (AvgIpc) is 1.77. The summed E-state index contributed by atoms with van der Waals surface area (Å²) in [7, 11) is 0. The van der Waals surface area contributed by atoms with Gasteiger partial charge in [0.2, 0.25) is 23.6 Å². The highest BCUT2D eigenvalue weighted by Crippen LogP contribution is 2.55. The Morgan fingerprint density at radius 3 is 0.989 bits per heavy atom. The Morgan fingerprint density at radius 2 is 0.693 bits per heavy atom. The van der Waals surface area contributed by atoms with E-state index in [1.54, 1.807) is 37.3 Å². The number of fused-ring (bicyclic) bond motifs is 10. The van der Waals surface area contributed by atoms with Crippen LogP contribution in [-0.4, -0.2) is 47.3 Å². The van der Waals surface area contributed by atoms with Crippen molar-refractivity contribution in [1.82, 2.24) is 0 Å². The third-order valence-corrected chi connectivity index (χ3v) is 17.5. The van der Waals surface area contributed by atoms with Crippen molar-refractivity contribution < 1.29 is 38.4 Å². The maximum absolute atomic E-state index is 13.3. The molecule has 450 valence electrons. The van der Waals surface area contributed by atoms with Crippen LogP contribution in [0.5, 0.6) is 0 Å². The van der Waals surface area contributed by atoms with E-state index in [0.717, 1.165) is 53.9 Å². The monoisotopic (exact) mass is 1170 g/mol. The number of aryl methyl sites for hydroxylation is 5. The largest absolute Gasteiger partial charge is 0.274 e. The third kappa shape index (κ3) is 13.5. The summed E-state index contributed by atoms with van der Waals surface area (Å²) in [6.07, 6.45) is 33.2. The second-order valence-corrected chi connectivity index (χ2v) is 22.6. The number of nitrogens with zero attached hydrogens (tertiary/aromatic N) is 4. The van der Waals surface area contributed by atoms with Gasteiger partial charge >= 0.3 is 0 Å². The van der Waals surface area contributed by atoms with Crippen LogP contribution >= 0.6 is 0 Å². The molecular weight excluding hydrogens is 1100 g/mol. The molecule has 2 saturated heterocycles. The van der Waals surface area contributed by atoms with Crippen LogP contribution in [0.25, 0.3) is 18.2 Å². The van der Waals surface area contributed by atoms with Gasteiger partial charge in [0.25, 0.3) is 23.6 Å². The molecule has 4 heterocycles. The minimum atomic E-state index is -0.452. The predicted molar refractivity (Wildman–Crippen MR) is 353 cm³/mol. The number of amides is 8. The second kappa shape index (κ2) is 28.7. The van der Waals surface area contributed by atoms with E-state index in [4.69, 9.17) is 0 Å². The number of imide groups is 4. The smallest absolute Gasteiger partial charge is 0.258 e. The molecule has 8 amide bonds. The summed E-state index contributed by atoms with van der Waals surface area (Å²) in [5.74, 6) is -2.93. The molecule has 88 heavy (non-hydrogen) atoms. The average molecular weight is 1180 g/mol. The van der Waals surface area contributed by atoms with Crippen LogP contribution in [0.4, 0.5) is 22.7 Å². The Bertz CT molecular complexity index is 3500. The minimum Gasteiger partial charge on any atom is -0.274 e. The fourth-order valence-corrected chi connectivity index (χ4v) is 12.6. The topological polar surface area (TPSA) is 150 Å². The molecule has 8 atom stereocenters. The first-order valence-electron chi connectivity index (χ1n) is 30.0. The van der Waals surface area contributed by atoms with Gasteiger partial charge < -0.3 is 0 Å². The number of allylic oxidation sites excluding steroid dienone is 8. The summed E-state index contributed by atoms with van der Waals surface area (Å²) in [5, 5.41) is 0. The third-order valence-electron chi connectivity index (χ3n) is 17.5. The Kier molecular flexibility index (Phi) is 21.0. The van der Waals surface area contributed by atoms with Crippen LogP contribution in [-0.2, 0) is 57.6 Å². The molecule has 0 radical (unpaired) electrons. The van der Waals surface area contributed by atoms with Gasteiger partial charge in [-0.3, -0.25) is 38.4 Å². The van der Waals surface area contributed by atoms with Crippen molar-refractivity contribution >= 4 is 88.2 Å². The van der Waals surface area contributed by atoms with Crippen molar-refractivity contribution in [2.24, 2.45) is 47.3 Å². The van der Waals surface area contributed by atoms with Gasteiger partial charge in [0.15, 0.2) is 0 Å². The quantitative estimate of drug-likeness (QED) is 0.0991. The van der Waals surface area contributed by atoms with Crippen molar-refractivity contribution in [2.75, 3.05) is 19.6 Å². The fraction of sp³-hybridized carbons (Fsp3) is 0.263. The van der Waals surface area contributed by atoms with Crippen LogP contribution in [0, 0.1) is 61.2 Å². The second-order valence-electron chi connectivity index (χ2n) is 22.6. The zero-order chi connectivity index (χ0) is 62.1. The number of carbonyl (C=O) groups excluding carboxylic acids is 8. The van der Waals surface area contributed by atoms with Crippen molar-refractivity contribution in [1.29, 1.82) is 0 Å². The van der Waals surface area contributed by atoms with E-state index in [1.807, 2.05) is 25.2 Å². The van der Waals surface area contributed by atoms with Gasteiger partial charge in [0.1, 0.15) is 0 Å². The summed E-state index contributed by atoms with van der Waals surface area (Å²) < 4.78 is 0. The van der Waals surface area contributed by atoms with Crippen LogP contribution in [0.1, 0.15) is 92.0 Å². The van der Waals surface area contributed by atoms with E-state index in [0.29, 0.717) is 28.3 Å². The molecule has 9 aliphatic rings. The van der Waals surface area contributed by atoms with E-state index in [9.17, 15) is 38.4 Å². The Balaban J connectivity index is 0.000000152. The summed E-state index contributed by atoms with van der Waals surface area (Å²) in [6.45, 7) is 21.1. The van der Waals surface area contributed by atoms with Gasteiger partial charge in [-0.05, 0) is 145 Å². The molecule has 5 aromatic carbocycles. The van der Waals surface area contributed by atoms with Gasteiger partial charge in [0.05, 0.1) is 46.4 Å². The minimum absolute atomic E-state index is 0. The summed E-state index contributed by atoms with van der Waals surface area (Å²) in [4.78, 5) is 104. The molecule has 12 nitrogen and oxygen atoms in total. The molecule has 2 saturated carbocycles. The molecule has 14 rings (SSSR count). The molecular formula is C76H78N4O8. The number of hydrogen-bond acceptors (Lipinski definition) is 8. The molecule has 8 unspecified atom stereocenters. The first-order chi connectivity index (χ1) is 42.0. The standard InChI is InChI=1S/C25H22N2O4.C15H10N2O4.3C10H12.C5H6.CH4/c1-11-2-7-16(26-22(28)18-12-3-4-13(8-12)19(18)23(26)29)10-17(11)27-24(30)20-14-5-6-15(9-14)21(20)25(27)31;1-9-2-3-10(16-12(18)4-5-13(16)19)8-11(9)17-14(20)6-7-15(17)21;3*1-3-9-5-7-10(4-2)8-6-9;1-2-4-5-3-1;/h2-7,10,12-15,18-21H,8-9H2,1H3;2-8H,1H3;3*3,5-8H,1,4H2,2H3;1-4H,5H2;1H4. The molecule has 0 spiro atoms. The van der Waals surface area contributed by atoms with Gasteiger partial charge in [0, 0.05) is 24.3 Å². The molecule has 4 bridgehead atoms. The van der Waals surface area contributed by atoms with Gasteiger partial charge in [-0.1, -0.05) is 200 Å². The normalized spacial score (nSPS) is 22.9. The zero-order valence-electron chi connectivity index (χ0n) is 50.1. The van der Waals surface area contributed by atoms with Gasteiger partial charge in [-0.15, -0.1) is 0 Å². The Labute approximate surface area is 518 Å². The van der Waals surface area contributed by atoms with Crippen LogP contribution in [0.2, 0.25) is 0 Å². The van der Waals surface area contributed by atoms with E-state index < -0.39 is 23.6 Å². The lowest BCUT2D eigenvalue weighted by Gasteiger charge is -2.23. The number of rotatable bonds is 10. The van der Waals surface area contributed by atoms with Crippen LogP contribution in [0.3, 0.4) is 0 Å². The molecule has 0 N–H and O–H groups in total. The Hall–Kier alpha value is -9.68. The molecule has 0 aromatic heterocycles. The molecule has 5 aliphatic carbocycles. The zero-order valence-corrected chi connectivity index (χ0v) is 50.1. The molecule has 12 heteroatoms. The predicted octanol–water partition coefficient (Wildman–Crippen LogP) is 14.3. The van der Waals surface area contributed by atoms with Gasteiger partial charge in [-0.25, -0.2) is 19.6 Å². The lowest BCUT2D eigenvalue weighted by atomic mass is 9.85. The Morgan fingerprint density at radius 1 is 0.398 bits per heavy atom. The first-order valence-corrected chi connectivity index (χ1v) is 30.0. The highest BCUT2D eigenvalue weighted by Gasteiger charge is 2.61. The summed E-state index contributed by atoms with van der Waals surface area (Å²) in [5.41, 5.74) is 10.8. The number of anilines is 4. The number of hydrogen-bond donors (Lipinski definition) is 0. The van der Waals surface area contributed by atoms with Crippen molar-refractivity contribution in [3.05, 3.63) is 246 Å². The first kappa shape index (κ1) is 64.3. The van der Waals surface area contributed by atoms with E-state index in [2.05, 4.69) is 162 Å². The van der Waals surface area contributed by atoms with E-state index in [1.165, 1.54) is 73.6 Å². The molecule has 5 aromatic rings. The van der Waals surface area contributed by atoms with Crippen molar-refractivity contribution in [3.8, 4) is 0 Å². The lowest BCUT2D eigenvalue weighted by molar-refractivity contribution is -0.124. The van der Waals surface area contributed by atoms with Crippen LogP contribution < -0.4 is 19.6 Å². The highest BCUT2D eigenvalue weighted by atomic mass is 16.2. The summed E-state index contributed by atoms with van der Waals surface area (Å²) in [6, 6.07) is 35.3. The van der Waals surface area contributed by atoms with Crippen molar-refractivity contribution in [2.45, 2.75) is 80.6 Å². The maximum atomic E-state index is 13.3. The van der Waals surface area contributed by atoms with Gasteiger partial charge in [-0.2, -0.15) is 0 Å². The lowest BCUT2D eigenvalue weighted by Crippen LogP contribution is -2.35. The number of benzene rings is 5. The van der Waals surface area contributed by atoms with Crippen LogP contribution in [0.15, 0.2) is 202 Å². The highest BCUT2D eigenvalue weighted by molar-refractivity contribution is 6.30.